The molecule has 0 radical (unpaired) electrons. The fourth-order valence-electron chi connectivity index (χ4n) is 3.11. The van der Waals surface area contributed by atoms with Crippen molar-refractivity contribution in [2.24, 2.45) is 0 Å². The summed E-state index contributed by atoms with van der Waals surface area (Å²) < 4.78 is 0. The molecule has 4 aromatic rings. The van der Waals surface area contributed by atoms with E-state index in [1.54, 1.807) is 0 Å². The standard InChI is InChI=1S/C21H16/c1-15-10-11-17-7-4-5-9-20(17)21(15)19-13-12-16-6-2-3-8-18(16)14-19/h2-14H,1H3. The molecule has 0 nitrogen and oxygen atoms in total. The van der Waals surface area contributed by atoms with Gasteiger partial charge in [0, 0.05) is 0 Å². The first-order chi connectivity index (χ1) is 10.3. The predicted octanol–water partition coefficient (Wildman–Crippen LogP) is 5.97. The van der Waals surface area contributed by atoms with Crippen LogP contribution in [-0.4, -0.2) is 0 Å². The van der Waals surface area contributed by atoms with Crippen LogP contribution >= 0.6 is 0 Å². The van der Waals surface area contributed by atoms with Gasteiger partial charge in [-0.2, -0.15) is 0 Å². The number of benzene rings is 4. The zero-order valence-corrected chi connectivity index (χ0v) is 12.0. The summed E-state index contributed by atoms with van der Waals surface area (Å²) in [5, 5.41) is 5.21. The molecule has 0 fully saturated rings. The van der Waals surface area contributed by atoms with Crippen LogP contribution in [0.2, 0.25) is 0 Å². The summed E-state index contributed by atoms with van der Waals surface area (Å²) in [6.07, 6.45) is 0. The van der Waals surface area contributed by atoms with E-state index in [2.05, 4.69) is 85.8 Å². The smallest absolute Gasteiger partial charge is 0.00759 e. The summed E-state index contributed by atoms with van der Waals surface area (Å²) in [5.74, 6) is 0. The molecule has 0 spiro atoms. The maximum Gasteiger partial charge on any atom is -0.00759 e. The van der Waals surface area contributed by atoms with Crippen molar-refractivity contribution >= 4 is 21.5 Å². The Balaban J connectivity index is 2.05. The van der Waals surface area contributed by atoms with Crippen LogP contribution in [0.25, 0.3) is 32.7 Å². The Morgan fingerprint density at radius 1 is 0.571 bits per heavy atom. The minimum atomic E-state index is 1.29. The lowest BCUT2D eigenvalue weighted by Crippen LogP contribution is -1.86. The second-order valence-corrected chi connectivity index (χ2v) is 5.54. The third-order valence-corrected chi connectivity index (χ3v) is 4.18. The molecule has 0 N–H and O–H groups in total. The molecule has 0 heteroatoms. The molecule has 0 unspecified atom stereocenters. The van der Waals surface area contributed by atoms with Gasteiger partial charge in [-0.15, -0.1) is 0 Å². The monoisotopic (exact) mass is 268 g/mol. The maximum absolute atomic E-state index is 2.30. The Hall–Kier alpha value is -2.60. The minimum absolute atomic E-state index is 1.29. The van der Waals surface area contributed by atoms with E-state index < -0.39 is 0 Å². The lowest BCUT2D eigenvalue weighted by Gasteiger charge is -2.11. The van der Waals surface area contributed by atoms with Crippen LogP contribution in [-0.2, 0) is 0 Å². The zero-order chi connectivity index (χ0) is 14.2. The third kappa shape index (κ3) is 2.00. The number of rotatable bonds is 1. The molecule has 0 saturated heterocycles. The van der Waals surface area contributed by atoms with Crippen LogP contribution in [0, 0.1) is 6.92 Å². The van der Waals surface area contributed by atoms with Gasteiger partial charge in [-0.3, -0.25) is 0 Å². The average molecular weight is 268 g/mol. The number of aryl methyl sites for hydroxylation is 1. The number of hydrogen-bond donors (Lipinski definition) is 0. The van der Waals surface area contributed by atoms with E-state index >= 15 is 0 Å². The van der Waals surface area contributed by atoms with Crippen LogP contribution in [0.5, 0.6) is 0 Å². The summed E-state index contributed by atoms with van der Waals surface area (Å²) in [7, 11) is 0. The highest BCUT2D eigenvalue weighted by atomic mass is 14.1. The Labute approximate surface area is 124 Å². The molecule has 100 valence electrons. The third-order valence-electron chi connectivity index (χ3n) is 4.18. The normalized spacial score (nSPS) is 11.1. The molecule has 0 aliphatic rings. The van der Waals surface area contributed by atoms with E-state index in [-0.39, 0.29) is 0 Å². The van der Waals surface area contributed by atoms with Crippen molar-refractivity contribution in [1.29, 1.82) is 0 Å². The molecule has 0 aliphatic carbocycles. The second-order valence-electron chi connectivity index (χ2n) is 5.54. The molecule has 0 aromatic heterocycles. The first kappa shape index (κ1) is 12.2. The van der Waals surface area contributed by atoms with Crippen molar-refractivity contribution in [2.75, 3.05) is 0 Å². The lowest BCUT2D eigenvalue weighted by atomic mass is 9.93. The van der Waals surface area contributed by atoms with Gasteiger partial charge in [0.1, 0.15) is 0 Å². The van der Waals surface area contributed by atoms with Crippen molar-refractivity contribution in [1.82, 2.24) is 0 Å². The van der Waals surface area contributed by atoms with Gasteiger partial charge >= 0.3 is 0 Å². The van der Waals surface area contributed by atoms with Gasteiger partial charge in [0.2, 0.25) is 0 Å². The van der Waals surface area contributed by atoms with Gasteiger partial charge in [-0.05, 0) is 51.2 Å². The summed E-state index contributed by atoms with van der Waals surface area (Å²) >= 11 is 0. The first-order valence-corrected chi connectivity index (χ1v) is 7.30. The van der Waals surface area contributed by atoms with Gasteiger partial charge in [-0.1, -0.05) is 72.8 Å². The van der Waals surface area contributed by atoms with E-state index in [0.29, 0.717) is 0 Å². The lowest BCUT2D eigenvalue weighted by molar-refractivity contribution is 1.49. The molecule has 0 atom stereocenters. The van der Waals surface area contributed by atoms with Crippen molar-refractivity contribution in [2.45, 2.75) is 6.92 Å². The quantitative estimate of drug-likeness (QED) is 0.399. The second kappa shape index (κ2) is 4.75. The molecule has 4 rings (SSSR count). The van der Waals surface area contributed by atoms with E-state index in [1.165, 1.54) is 38.2 Å². The molecule has 0 aliphatic heterocycles. The minimum Gasteiger partial charge on any atom is -0.0616 e. The van der Waals surface area contributed by atoms with Crippen LogP contribution in [0.15, 0.2) is 78.9 Å². The van der Waals surface area contributed by atoms with E-state index in [1.807, 2.05) is 0 Å². The summed E-state index contributed by atoms with van der Waals surface area (Å²) in [6.45, 7) is 2.19. The van der Waals surface area contributed by atoms with Crippen LogP contribution in [0.3, 0.4) is 0 Å². The molecule has 0 saturated carbocycles. The molecule has 21 heavy (non-hydrogen) atoms. The predicted molar refractivity (Wildman–Crippen MR) is 91.6 cm³/mol. The average Bonchev–Trinajstić information content (AvgIpc) is 2.54. The maximum atomic E-state index is 2.30. The molecule has 0 heterocycles. The van der Waals surface area contributed by atoms with Crippen molar-refractivity contribution < 1.29 is 0 Å². The fourth-order valence-corrected chi connectivity index (χ4v) is 3.11. The van der Waals surface area contributed by atoms with Gasteiger partial charge in [-0.25, -0.2) is 0 Å². The van der Waals surface area contributed by atoms with E-state index in [4.69, 9.17) is 0 Å². The fraction of sp³-hybridized carbons (Fsp3) is 0.0476. The van der Waals surface area contributed by atoms with Crippen LogP contribution < -0.4 is 0 Å². The Kier molecular flexibility index (Phi) is 2.75. The van der Waals surface area contributed by atoms with E-state index in [0.717, 1.165) is 0 Å². The first-order valence-electron chi connectivity index (χ1n) is 7.30. The highest BCUT2D eigenvalue weighted by Gasteiger charge is 2.07. The van der Waals surface area contributed by atoms with E-state index in [9.17, 15) is 0 Å². The molecule has 0 bridgehead atoms. The SMILES string of the molecule is Cc1ccc2ccccc2c1-c1ccc2ccccc2c1. The zero-order valence-electron chi connectivity index (χ0n) is 12.0. The largest absolute Gasteiger partial charge is 0.0616 e. The van der Waals surface area contributed by atoms with Crippen molar-refractivity contribution in [3.63, 3.8) is 0 Å². The van der Waals surface area contributed by atoms with Gasteiger partial charge in [0.15, 0.2) is 0 Å². The molecule has 0 amide bonds. The summed E-state index contributed by atoms with van der Waals surface area (Å²) in [4.78, 5) is 0. The molecule has 4 aromatic carbocycles. The highest BCUT2D eigenvalue weighted by molar-refractivity contribution is 6.00. The van der Waals surface area contributed by atoms with Gasteiger partial charge < -0.3 is 0 Å². The van der Waals surface area contributed by atoms with Crippen molar-refractivity contribution in [3.8, 4) is 11.1 Å². The van der Waals surface area contributed by atoms with Crippen molar-refractivity contribution in [3.05, 3.63) is 84.4 Å². The number of hydrogen-bond acceptors (Lipinski definition) is 0. The Bertz CT molecular complexity index is 948. The Morgan fingerprint density at radius 2 is 1.24 bits per heavy atom. The van der Waals surface area contributed by atoms with Crippen LogP contribution in [0.4, 0.5) is 0 Å². The van der Waals surface area contributed by atoms with Gasteiger partial charge in [0.05, 0.1) is 0 Å². The summed E-state index contributed by atoms with van der Waals surface area (Å²) in [6, 6.07) is 28.3. The Morgan fingerprint density at radius 3 is 2.10 bits per heavy atom. The van der Waals surface area contributed by atoms with Crippen LogP contribution in [0.1, 0.15) is 5.56 Å². The summed E-state index contributed by atoms with van der Waals surface area (Å²) in [5.41, 5.74) is 3.96. The highest BCUT2D eigenvalue weighted by Crippen LogP contribution is 2.33. The number of fused-ring (bicyclic) bond motifs is 2. The molecular weight excluding hydrogens is 252 g/mol. The topological polar surface area (TPSA) is 0 Å². The molecular formula is C21H16. The van der Waals surface area contributed by atoms with Gasteiger partial charge in [0.25, 0.3) is 0 Å².